The largest absolute Gasteiger partial charge is 0.480 e. The number of carbonyl (C=O) groups is 4. The van der Waals surface area contributed by atoms with Gasteiger partial charge >= 0.3 is 5.97 Å². The maximum atomic E-state index is 13.0. The predicted octanol–water partition coefficient (Wildman–Crippen LogP) is -1.46. The molecule has 12 nitrogen and oxygen atoms in total. The molecule has 0 radical (unpaired) electrons. The predicted molar refractivity (Wildman–Crippen MR) is 129 cm³/mol. The van der Waals surface area contributed by atoms with Gasteiger partial charge in [-0.3, -0.25) is 19.4 Å². The lowest BCUT2D eigenvalue weighted by Crippen LogP contribution is -2.59. The van der Waals surface area contributed by atoms with Gasteiger partial charge in [0.2, 0.25) is 17.7 Å². The molecule has 0 aliphatic rings. The van der Waals surface area contributed by atoms with Crippen molar-refractivity contribution in [3.8, 4) is 0 Å². The summed E-state index contributed by atoms with van der Waals surface area (Å²) in [7, 11) is 0. The van der Waals surface area contributed by atoms with Gasteiger partial charge in [0.05, 0.1) is 6.04 Å². The normalized spacial score (nSPS) is 15.5. The Morgan fingerprint density at radius 3 is 2.00 bits per heavy atom. The molecule has 0 rings (SSSR count). The summed E-state index contributed by atoms with van der Waals surface area (Å²) in [4.78, 5) is 53.5. The summed E-state index contributed by atoms with van der Waals surface area (Å²) in [5, 5.41) is 17.1. The van der Waals surface area contributed by atoms with Crippen LogP contribution in [0.5, 0.6) is 0 Å². The van der Waals surface area contributed by atoms with Crippen molar-refractivity contribution in [2.24, 2.45) is 34.0 Å². The zero-order valence-corrected chi connectivity index (χ0v) is 20.6. The molecule has 33 heavy (non-hydrogen) atoms. The van der Waals surface area contributed by atoms with Crippen molar-refractivity contribution in [3.63, 3.8) is 0 Å². The lowest BCUT2D eigenvalue weighted by Gasteiger charge is -2.28. The number of nitrogens with zero attached hydrogens (tertiary/aromatic N) is 1. The van der Waals surface area contributed by atoms with Crippen LogP contribution in [-0.4, -0.2) is 71.2 Å². The number of carboxylic acids is 1. The van der Waals surface area contributed by atoms with Gasteiger partial charge in [-0.2, -0.15) is 12.6 Å². The van der Waals surface area contributed by atoms with Crippen molar-refractivity contribution in [1.29, 1.82) is 0 Å². The summed E-state index contributed by atoms with van der Waals surface area (Å²) in [5.41, 5.74) is 16.3. The number of aliphatic imine (C=N–C) groups is 1. The zero-order chi connectivity index (χ0) is 25.7. The first kappa shape index (κ1) is 30.5. The van der Waals surface area contributed by atoms with Crippen LogP contribution in [-0.2, 0) is 19.2 Å². The van der Waals surface area contributed by atoms with E-state index in [0.29, 0.717) is 12.8 Å². The lowest BCUT2D eigenvalue weighted by molar-refractivity contribution is -0.143. The van der Waals surface area contributed by atoms with Gasteiger partial charge in [-0.15, -0.1) is 0 Å². The van der Waals surface area contributed by atoms with Crippen LogP contribution in [0.1, 0.15) is 47.0 Å². The molecule has 0 aromatic heterocycles. The highest BCUT2D eigenvalue weighted by molar-refractivity contribution is 7.80. The highest BCUT2D eigenvalue weighted by atomic mass is 32.1. The van der Waals surface area contributed by atoms with E-state index >= 15 is 0 Å². The highest BCUT2D eigenvalue weighted by Gasteiger charge is 2.32. The third-order valence-corrected chi connectivity index (χ3v) is 5.53. The van der Waals surface area contributed by atoms with E-state index in [1.807, 2.05) is 6.92 Å². The van der Waals surface area contributed by atoms with E-state index in [-0.39, 0.29) is 36.5 Å². The second-order valence-corrected chi connectivity index (χ2v) is 8.60. The van der Waals surface area contributed by atoms with Gasteiger partial charge in [-0.05, 0) is 24.7 Å². The summed E-state index contributed by atoms with van der Waals surface area (Å²) in [5.74, 6) is -3.60. The number of thiol groups is 1. The Balaban J connectivity index is 5.62. The van der Waals surface area contributed by atoms with Crippen LogP contribution in [0, 0.1) is 11.8 Å². The minimum Gasteiger partial charge on any atom is -0.480 e. The van der Waals surface area contributed by atoms with Crippen LogP contribution in [0.2, 0.25) is 0 Å². The van der Waals surface area contributed by atoms with Crippen LogP contribution < -0.4 is 33.2 Å². The number of hydrogen-bond donors (Lipinski definition) is 8. The molecule has 0 heterocycles. The Morgan fingerprint density at radius 1 is 0.970 bits per heavy atom. The first-order chi connectivity index (χ1) is 15.3. The SMILES string of the molecule is CCC(C)C(NC(=O)C(N)CS)C(=O)NC(CCCN=C(N)N)C(=O)NC(C(=O)O)C(C)C. The van der Waals surface area contributed by atoms with Gasteiger partial charge in [0.1, 0.15) is 18.1 Å². The average Bonchev–Trinajstić information content (AvgIpc) is 2.75. The molecular formula is C20H39N7O5S. The molecule has 0 aliphatic carbocycles. The molecular weight excluding hydrogens is 450 g/mol. The van der Waals surface area contributed by atoms with E-state index in [2.05, 4.69) is 33.6 Å². The van der Waals surface area contributed by atoms with Gasteiger partial charge in [-0.1, -0.05) is 34.1 Å². The van der Waals surface area contributed by atoms with Crippen molar-refractivity contribution in [2.45, 2.75) is 71.1 Å². The third-order valence-electron chi connectivity index (χ3n) is 5.14. The van der Waals surface area contributed by atoms with Crippen molar-refractivity contribution in [3.05, 3.63) is 0 Å². The van der Waals surface area contributed by atoms with Gasteiger partial charge in [0, 0.05) is 12.3 Å². The van der Waals surface area contributed by atoms with E-state index in [1.54, 1.807) is 20.8 Å². The number of nitrogens with two attached hydrogens (primary N) is 3. The molecule has 0 saturated carbocycles. The number of nitrogens with one attached hydrogen (secondary N) is 3. The molecule has 0 aromatic rings. The Hall–Kier alpha value is -2.54. The van der Waals surface area contributed by atoms with E-state index < -0.39 is 47.9 Å². The standard InChI is InChI=1S/C20H39N7O5S/c1-5-11(4)15(27-16(28)12(21)9-33)18(30)25-13(7-6-8-24-20(22)23)17(29)26-14(10(2)3)19(31)32/h10-15,33H,5-9,21H2,1-4H3,(H,25,30)(H,26,29)(H,27,28)(H,31,32)(H4,22,23,24). The second-order valence-electron chi connectivity index (χ2n) is 8.24. The van der Waals surface area contributed by atoms with Crippen LogP contribution in [0.25, 0.3) is 0 Å². The van der Waals surface area contributed by atoms with Crippen LogP contribution in [0.4, 0.5) is 0 Å². The van der Waals surface area contributed by atoms with Crippen LogP contribution in [0.15, 0.2) is 4.99 Å². The Morgan fingerprint density at radius 2 is 1.55 bits per heavy atom. The summed E-state index contributed by atoms with van der Waals surface area (Å²) in [6.07, 6.45) is 1.07. The van der Waals surface area contributed by atoms with Crippen LogP contribution >= 0.6 is 12.6 Å². The molecule has 0 saturated heterocycles. The fourth-order valence-electron chi connectivity index (χ4n) is 2.85. The van der Waals surface area contributed by atoms with E-state index in [0.717, 1.165) is 0 Å². The monoisotopic (exact) mass is 489 g/mol. The smallest absolute Gasteiger partial charge is 0.326 e. The molecule has 190 valence electrons. The maximum absolute atomic E-state index is 13.0. The first-order valence-electron chi connectivity index (χ1n) is 10.9. The fourth-order valence-corrected chi connectivity index (χ4v) is 3.01. The quantitative estimate of drug-likeness (QED) is 0.0587. The fraction of sp³-hybridized carbons (Fsp3) is 0.750. The molecule has 13 heteroatoms. The molecule has 0 aromatic carbocycles. The van der Waals surface area contributed by atoms with Crippen LogP contribution in [0.3, 0.4) is 0 Å². The molecule has 3 amide bonds. The Bertz CT molecular complexity index is 700. The number of guanidine groups is 1. The zero-order valence-electron chi connectivity index (χ0n) is 19.7. The summed E-state index contributed by atoms with van der Waals surface area (Å²) < 4.78 is 0. The van der Waals surface area contributed by atoms with Crippen molar-refractivity contribution >= 4 is 42.3 Å². The molecule has 10 N–H and O–H groups in total. The molecule has 0 spiro atoms. The van der Waals surface area contributed by atoms with E-state index in [1.165, 1.54) is 0 Å². The van der Waals surface area contributed by atoms with E-state index in [4.69, 9.17) is 17.2 Å². The number of carboxylic acid groups (broad SMARTS) is 1. The maximum Gasteiger partial charge on any atom is 0.326 e. The number of carbonyl (C=O) groups excluding carboxylic acids is 3. The molecule has 0 bridgehead atoms. The minimum atomic E-state index is -1.19. The third kappa shape index (κ3) is 11.2. The molecule has 0 fully saturated rings. The highest BCUT2D eigenvalue weighted by Crippen LogP contribution is 2.11. The van der Waals surface area contributed by atoms with Crippen molar-refractivity contribution < 1.29 is 24.3 Å². The number of rotatable bonds is 15. The number of amides is 3. The van der Waals surface area contributed by atoms with Gasteiger partial charge < -0.3 is 38.3 Å². The summed E-state index contributed by atoms with van der Waals surface area (Å²) >= 11 is 4.00. The molecule has 5 atom stereocenters. The molecule has 5 unspecified atom stereocenters. The Labute approximate surface area is 200 Å². The van der Waals surface area contributed by atoms with Crippen molar-refractivity contribution in [1.82, 2.24) is 16.0 Å². The first-order valence-corrected chi connectivity index (χ1v) is 11.5. The Kier molecular flexibility index (Phi) is 14.1. The lowest BCUT2D eigenvalue weighted by atomic mass is 9.97. The van der Waals surface area contributed by atoms with E-state index in [9.17, 15) is 24.3 Å². The van der Waals surface area contributed by atoms with Gasteiger partial charge in [0.25, 0.3) is 0 Å². The average molecular weight is 490 g/mol. The summed E-state index contributed by atoms with van der Waals surface area (Å²) in [6, 6.07) is -4.03. The minimum absolute atomic E-state index is 0.0995. The van der Waals surface area contributed by atoms with Gasteiger partial charge in [-0.25, -0.2) is 4.79 Å². The van der Waals surface area contributed by atoms with Crippen molar-refractivity contribution in [2.75, 3.05) is 12.3 Å². The van der Waals surface area contributed by atoms with Gasteiger partial charge in [0.15, 0.2) is 5.96 Å². The topological polar surface area (TPSA) is 215 Å². The second kappa shape index (κ2) is 15.3. The molecule has 0 aliphatic heterocycles. The summed E-state index contributed by atoms with van der Waals surface area (Å²) in [6.45, 7) is 7.17. The number of hydrogen-bond acceptors (Lipinski definition) is 7. The number of aliphatic carboxylic acids is 1.